The molecule has 0 amide bonds. The van der Waals surface area contributed by atoms with Crippen LogP contribution in [0, 0.1) is 11.8 Å². The van der Waals surface area contributed by atoms with Gasteiger partial charge in [-0.2, -0.15) is 0 Å². The van der Waals surface area contributed by atoms with Gasteiger partial charge in [0.2, 0.25) is 0 Å². The Labute approximate surface area is 129 Å². The van der Waals surface area contributed by atoms with Crippen molar-refractivity contribution in [1.29, 1.82) is 0 Å². The maximum atomic E-state index is 10.9. The molecule has 0 radical (unpaired) electrons. The molecular formula is C18H20N2O2. The van der Waals surface area contributed by atoms with Gasteiger partial charge < -0.3 is 10.2 Å². The van der Waals surface area contributed by atoms with Crippen molar-refractivity contribution in [2.24, 2.45) is 11.8 Å². The maximum absolute atomic E-state index is 10.9. The van der Waals surface area contributed by atoms with Gasteiger partial charge in [-0.15, -0.1) is 0 Å². The largest absolute Gasteiger partial charge is 0.384 e. The van der Waals surface area contributed by atoms with Crippen LogP contribution in [-0.2, 0) is 11.2 Å². The quantitative estimate of drug-likeness (QED) is 0.893. The van der Waals surface area contributed by atoms with Crippen molar-refractivity contribution in [3.05, 3.63) is 60.2 Å². The molecule has 2 aromatic heterocycles. The Morgan fingerprint density at radius 1 is 0.727 bits per heavy atom. The number of aliphatic hydroxyl groups is 2. The molecule has 0 aromatic carbocycles. The van der Waals surface area contributed by atoms with E-state index >= 15 is 0 Å². The zero-order valence-electron chi connectivity index (χ0n) is 12.4. The molecule has 2 heterocycles. The van der Waals surface area contributed by atoms with Gasteiger partial charge in [0, 0.05) is 12.4 Å². The molecule has 0 bridgehead atoms. The smallest absolute Gasteiger partial charge is 0.107 e. The van der Waals surface area contributed by atoms with Gasteiger partial charge in [0.15, 0.2) is 0 Å². The first-order chi connectivity index (χ1) is 10.6. The molecule has 0 aliphatic heterocycles. The summed E-state index contributed by atoms with van der Waals surface area (Å²) in [6, 6.07) is 11.3. The lowest BCUT2D eigenvalue weighted by molar-refractivity contribution is -0.00378. The van der Waals surface area contributed by atoms with Crippen molar-refractivity contribution in [3.63, 3.8) is 0 Å². The van der Waals surface area contributed by atoms with E-state index in [4.69, 9.17) is 0 Å². The van der Waals surface area contributed by atoms with Crippen LogP contribution in [-0.4, -0.2) is 20.2 Å². The van der Waals surface area contributed by atoms with Crippen molar-refractivity contribution in [2.75, 3.05) is 0 Å². The standard InChI is InChI=1S/C18H20N2O2/c21-17(15-5-1-3-7-19-15)9-13-11-18(22,12-14(13)10-17)16-6-2-4-8-20-16/h1-8,13-14,21-22H,9-12H2. The number of rotatable bonds is 2. The number of aromatic nitrogens is 2. The van der Waals surface area contributed by atoms with Crippen LogP contribution >= 0.6 is 0 Å². The Hall–Kier alpha value is -1.78. The molecule has 4 nitrogen and oxygen atoms in total. The monoisotopic (exact) mass is 296 g/mol. The van der Waals surface area contributed by atoms with Crippen LogP contribution in [0.5, 0.6) is 0 Å². The average Bonchev–Trinajstić information content (AvgIpc) is 3.01. The molecule has 2 saturated carbocycles. The first-order valence-electron chi connectivity index (χ1n) is 7.87. The summed E-state index contributed by atoms with van der Waals surface area (Å²) in [5, 5.41) is 21.9. The molecule has 22 heavy (non-hydrogen) atoms. The van der Waals surface area contributed by atoms with Gasteiger partial charge in [-0.1, -0.05) is 12.1 Å². The lowest BCUT2D eigenvalue weighted by Gasteiger charge is -2.27. The molecule has 0 saturated heterocycles. The Morgan fingerprint density at radius 2 is 1.14 bits per heavy atom. The molecule has 4 heteroatoms. The summed E-state index contributed by atoms with van der Waals surface area (Å²) >= 11 is 0. The van der Waals surface area contributed by atoms with E-state index in [1.165, 1.54) is 0 Å². The van der Waals surface area contributed by atoms with E-state index < -0.39 is 11.2 Å². The molecule has 4 rings (SSSR count). The van der Waals surface area contributed by atoms with E-state index in [-0.39, 0.29) is 0 Å². The normalized spacial score (nSPS) is 37.2. The fourth-order valence-corrected chi connectivity index (χ4v) is 4.41. The Bertz CT molecular complexity index is 588. The average molecular weight is 296 g/mol. The highest BCUT2D eigenvalue weighted by Crippen LogP contribution is 2.57. The van der Waals surface area contributed by atoms with E-state index in [0.29, 0.717) is 37.5 Å². The maximum Gasteiger partial charge on any atom is 0.107 e. The number of fused-ring (bicyclic) bond motifs is 1. The summed E-state index contributed by atoms with van der Waals surface area (Å²) in [7, 11) is 0. The van der Waals surface area contributed by atoms with Gasteiger partial charge in [0.1, 0.15) is 11.2 Å². The van der Waals surface area contributed by atoms with Gasteiger partial charge in [-0.3, -0.25) is 9.97 Å². The minimum absolute atomic E-state index is 0.319. The van der Waals surface area contributed by atoms with E-state index in [9.17, 15) is 10.2 Å². The first-order valence-corrected chi connectivity index (χ1v) is 7.87. The molecule has 2 fully saturated rings. The third kappa shape index (κ3) is 2.14. The highest BCUT2D eigenvalue weighted by Gasteiger charge is 2.55. The van der Waals surface area contributed by atoms with Crippen LogP contribution in [0.25, 0.3) is 0 Å². The van der Waals surface area contributed by atoms with E-state index in [0.717, 1.165) is 11.4 Å². The van der Waals surface area contributed by atoms with Crippen molar-refractivity contribution in [1.82, 2.24) is 9.97 Å². The second kappa shape index (κ2) is 4.86. The molecule has 0 unspecified atom stereocenters. The lowest BCUT2D eigenvalue weighted by atomic mass is 9.88. The Morgan fingerprint density at radius 3 is 1.45 bits per heavy atom. The van der Waals surface area contributed by atoms with Crippen LogP contribution < -0.4 is 0 Å². The van der Waals surface area contributed by atoms with E-state index in [1.807, 2.05) is 36.4 Å². The lowest BCUT2D eigenvalue weighted by Crippen LogP contribution is -2.28. The van der Waals surface area contributed by atoms with Crippen LogP contribution in [0.4, 0.5) is 0 Å². The molecular weight excluding hydrogens is 276 g/mol. The van der Waals surface area contributed by atoms with Gasteiger partial charge in [-0.05, 0) is 61.8 Å². The second-order valence-corrected chi connectivity index (χ2v) is 6.83. The van der Waals surface area contributed by atoms with Gasteiger partial charge in [-0.25, -0.2) is 0 Å². The van der Waals surface area contributed by atoms with Crippen LogP contribution in [0.2, 0.25) is 0 Å². The third-order valence-corrected chi connectivity index (χ3v) is 5.35. The van der Waals surface area contributed by atoms with E-state index in [1.54, 1.807) is 12.4 Å². The summed E-state index contributed by atoms with van der Waals surface area (Å²) in [5.41, 5.74) is -0.180. The van der Waals surface area contributed by atoms with Gasteiger partial charge in [0.05, 0.1) is 11.4 Å². The van der Waals surface area contributed by atoms with Crippen LogP contribution in [0.1, 0.15) is 37.1 Å². The highest BCUT2D eigenvalue weighted by atomic mass is 16.3. The summed E-state index contributed by atoms with van der Waals surface area (Å²) in [6.07, 6.45) is 6.14. The van der Waals surface area contributed by atoms with Gasteiger partial charge in [0.25, 0.3) is 0 Å². The summed E-state index contributed by atoms with van der Waals surface area (Å²) < 4.78 is 0. The van der Waals surface area contributed by atoms with Crippen LogP contribution in [0.3, 0.4) is 0 Å². The second-order valence-electron chi connectivity index (χ2n) is 6.83. The number of pyridine rings is 2. The van der Waals surface area contributed by atoms with Gasteiger partial charge >= 0.3 is 0 Å². The Kier molecular flexibility index (Phi) is 3.06. The molecule has 2 aliphatic rings. The SMILES string of the molecule is OC1(c2ccccn2)CC2CC(O)(c3ccccn3)CC2C1. The summed E-state index contributed by atoms with van der Waals surface area (Å²) in [6.45, 7) is 0. The highest BCUT2D eigenvalue weighted by molar-refractivity contribution is 5.21. The predicted molar refractivity (Wildman–Crippen MR) is 81.7 cm³/mol. The zero-order valence-corrected chi connectivity index (χ0v) is 12.4. The first kappa shape index (κ1) is 13.9. The molecule has 114 valence electrons. The summed E-state index contributed by atoms with van der Waals surface area (Å²) in [5.74, 6) is 0.637. The van der Waals surface area contributed by atoms with Crippen molar-refractivity contribution < 1.29 is 10.2 Å². The molecule has 2 aromatic rings. The van der Waals surface area contributed by atoms with Crippen molar-refractivity contribution in [2.45, 2.75) is 36.9 Å². The third-order valence-electron chi connectivity index (χ3n) is 5.35. The fourth-order valence-electron chi connectivity index (χ4n) is 4.41. The molecule has 2 aliphatic carbocycles. The number of hydrogen-bond acceptors (Lipinski definition) is 4. The molecule has 0 atom stereocenters. The van der Waals surface area contributed by atoms with E-state index in [2.05, 4.69) is 9.97 Å². The van der Waals surface area contributed by atoms with Crippen molar-refractivity contribution in [3.8, 4) is 0 Å². The van der Waals surface area contributed by atoms with Crippen molar-refractivity contribution >= 4 is 0 Å². The predicted octanol–water partition coefficient (Wildman–Crippen LogP) is 2.37. The Balaban J connectivity index is 1.56. The number of hydrogen-bond donors (Lipinski definition) is 2. The molecule has 2 N–H and O–H groups in total. The summed E-state index contributed by atoms with van der Waals surface area (Å²) in [4.78, 5) is 8.66. The molecule has 0 spiro atoms. The minimum Gasteiger partial charge on any atom is -0.384 e. The minimum atomic E-state index is -0.845. The fraction of sp³-hybridized carbons (Fsp3) is 0.444. The number of nitrogens with zero attached hydrogens (tertiary/aromatic N) is 2. The zero-order chi connectivity index (χ0) is 15.2. The topological polar surface area (TPSA) is 66.2 Å². The van der Waals surface area contributed by atoms with Crippen LogP contribution in [0.15, 0.2) is 48.8 Å².